The molecular formula is C15H22F3O2Si. The Balaban J connectivity index is 0.00000122. The van der Waals surface area contributed by atoms with Gasteiger partial charge in [-0.3, -0.25) is 0 Å². The molecule has 0 aliphatic rings. The maximum Gasteiger partial charge on any atom is 0.245 e. The van der Waals surface area contributed by atoms with E-state index in [0.717, 1.165) is 6.07 Å². The number of halogens is 3. The molecule has 0 amide bonds. The maximum atomic E-state index is 13.4. The number of ether oxygens (including phenoxy) is 1. The predicted molar refractivity (Wildman–Crippen MR) is 77.7 cm³/mol. The van der Waals surface area contributed by atoms with E-state index in [9.17, 15) is 13.2 Å². The van der Waals surface area contributed by atoms with Crippen LogP contribution < -0.4 is 0 Å². The van der Waals surface area contributed by atoms with Gasteiger partial charge in [-0.15, -0.1) is 0 Å². The van der Waals surface area contributed by atoms with Gasteiger partial charge in [0.05, 0.1) is 11.7 Å². The van der Waals surface area contributed by atoms with Crippen molar-refractivity contribution in [3.63, 3.8) is 0 Å². The van der Waals surface area contributed by atoms with Gasteiger partial charge in [0.25, 0.3) is 0 Å². The fourth-order valence-electron chi connectivity index (χ4n) is 1.89. The van der Waals surface area contributed by atoms with Gasteiger partial charge in [-0.05, 0) is 52.2 Å². The number of aryl methyl sites for hydroxylation is 1. The fraction of sp³-hybridized carbons (Fsp3) is 0.600. The van der Waals surface area contributed by atoms with E-state index < -0.39 is 23.1 Å². The third-order valence-electron chi connectivity index (χ3n) is 2.64. The average molecular weight is 319 g/mol. The molecule has 0 saturated heterocycles. The normalized spacial score (nSPS) is 11.3. The zero-order valence-electron chi connectivity index (χ0n) is 13.1. The third-order valence-corrected chi connectivity index (χ3v) is 2.64. The molecular weight excluding hydrogens is 297 g/mol. The van der Waals surface area contributed by atoms with Crippen molar-refractivity contribution in [1.29, 1.82) is 0 Å². The van der Waals surface area contributed by atoms with Crippen LogP contribution in [0.15, 0.2) is 12.1 Å². The minimum absolute atomic E-state index is 0.0646. The zero-order chi connectivity index (χ0) is 16.6. The van der Waals surface area contributed by atoms with Gasteiger partial charge in [-0.2, -0.15) is 0 Å². The van der Waals surface area contributed by atoms with Gasteiger partial charge in [-0.1, -0.05) is 0 Å². The molecule has 0 unspecified atom stereocenters. The van der Waals surface area contributed by atoms with Crippen LogP contribution in [0.2, 0.25) is 0 Å². The van der Waals surface area contributed by atoms with Crippen molar-refractivity contribution in [2.24, 2.45) is 0 Å². The Labute approximate surface area is 128 Å². The molecule has 0 atom stereocenters. The summed E-state index contributed by atoms with van der Waals surface area (Å²) in [5.41, 5.74) is -0.250. The van der Waals surface area contributed by atoms with Crippen LogP contribution in [0.25, 0.3) is 0 Å². The van der Waals surface area contributed by atoms with Crippen LogP contribution >= 0.6 is 0 Å². The highest BCUT2D eigenvalue weighted by Gasteiger charge is 2.21. The monoisotopic (exact) mass is 319 g/mol. The van der Waals surface area contributed by atoms with E-state index in [0.29, 0.717) is 18.9 Å². The first kappa shape index (κ1) is 20.1. The molecule has 1 aromatic carbocycles. The van der Waals surface area contributed by atoms with Crippen LogP contribution in [0, 0.1) is 17.5 Å². The summed E-state index contributed by atoms with van der Waals surface area (Å²) in [6, 6.07) is 1.50. The molecule has 3 radical (unpaired) electrons. The Morgan fingerprint density at radius 1 is 1.10 bits per heavy atom. The van der Waals surface area contributed by atoms with Crippen LogP contribution in [0.4, 0.5) is 13.2 Å². The Morgan fingerprint density at radius 2 is 1.57 bits per heavy atom. The zero-order valence-corrected chi connectivity index (χ0v) is 14.1. The minimum Gasteiger partial charge on any atom is -0.422 e. The van der Waals surface area contributed by atoms with Crippen molar-refractivity contribution in [2.75, 3.05) is 7.11 Å². The summed E-state index contributed by atoms with van der Waals surface area (Å²) in [4.78, 5) is 0. The predicted octanol–water partition coefficient (Wildman–Crippen LogP) is 3.96. The lowest BCUT2D eigenvalue weighted by atomic mass is 9.98. The van der Waals surface area contributed by atoms with Crippen molar-refractivity contribution >= 4 is 10.5 Å². The Hall–Kier alpha value is -0.853. The van der Waals surface area contributed by atoms with Gasteiger partial charge in [0.15, 0.2) is 11.6 Å². The number of hydrogen-bond donors (Lipinski definition) is 0. The molecule has 1 rings (SSSR count). The van der Waals surface area contributed by atoms with Gasteiger partial charge in [-0.25, -0.2) is 13.2 Å². The molecule has 0 aromatic heterocycles. The van der Waals surface area contributed by atoms with Crippen LogP contribution in [0.3, 0.4) is 0 Å². The average Bonchev–Trinajstić information content (AvgIpc) is 2.31. The summed E-state index contributed by atoms with van der Waals surface area (Å²) in [5, 5.41) is 0. The van der Waals surface area contributed by atoms with E-state index in [1.165, 1.54) is 7.11 Å². The summed E-state index contributed by atoms with van der Waals surface area (Å²) in [5.74, 6) is -2.89. The molecule has 0 aliphatic heterocycles. The number of hydrogen-bond acceptors (Lipinski definition) is 2. The second kappa shape index (κ2) is 9.22. The van der Waals surface area contributed by atoms with Gasteiger partial charge in [0.2, 0.25) is 10.5 Å². The Kier molecular flexibility index (Phi) is 8.85. The lowest BCUT2D eigenvalue weighted by molar-refractivity contribution is -0.0600. The summed E-state index contributed by atoms with van der Waals surface area (Å²) < 4.78 is 48.9. The molecule has 0 fully saturated rings. The lowest BCUT2D eigenvalue weighted by Gasteiger charge is -2.28. The van der Waals surface area contributed by atoms with Crippen LogP contribution in [0.1, 0.15) is 39.7 Å². The second-order valence-corrected chi connectivity index (χ2v) is 5.90. The van der Waals surface area contributed by atoms with Crippen molar-refractivity contribution in [2.45, 2.75) is 52.2 Å². The Morgan fingerprint density at radius 3 is 2.05 bits per heavy atom. The molecule has 0 N–H and O–H groups in total. The highest BCUT2D eigenvalue weighted by atomic mass is 28.2. The molecule has 0 heterocycles. The molecule has 0 saturated carbocycles. The smallest absolute Gasteiger partial charge is 0.245 e. The van der Waals surface area contributed by atoms with E-state index in [1.54, 1.807) is 0 Å². The molecule has 21 heavy (non-hydrogen) atoms. The molecule has 6 heteroatoms. The summed E-state index contributed by atoms with van der Waals surface area (Å²) in [6.45, 7) is 7.62. The van der Waals surface area contributed by atoms with Gasteiger partial charge in [0, 0.05) is 13.2 Å². The molecule has 2 nitrogen and oxygen atoms in total. The third kappa shape index (κ3) is 8.23. The fourth-order valence-corrected chi connectivity index (χ4v) is 1.89. The molecule has 1 aromatic rings. The van der Waals surface area contributed by atoms with E-state index in [-0.39, 0.29) is 11.7 Å². The lowest BCUT2D eigenvalue weighted by Crippen LogP contribution is -2.28. The molecule has 119 valence electrons. The maximum absolute atomic E-state index is 13.4. The number of rotatable bonds is 5. The minimum atomic E-state index is -1.16. The van der Waals surface area contributed by atoms with Gasteiger partial charge in [0.1, 0.15) is 5.82 Å². The van der Waals surface area contributed by atoms with Crippen molar-refractivity contribution in [3.8, 4) is 0 Å². The van der Waals surface area contributed by atoms with Crippen LogP contribution in [-0.2, 0) is 15.6 Å². The van der Waals surface area contributed by atoms with Crippen molar-refractivity contribution < 1.29 is 22.3 Å². The summed E-state index contributed by atoms with van der Waals surface area (Å²) in [7, 11) is 4.22. The standard InChI is InChI=1S/C14H19F3O.CH3OSi/c1-9(2)18-14(3,4)6-5-10-7-12(16)13(17)8-11(10)15;1-2-3/h7-9H,5-6H2,1-4H3;1H3. The first-order valence-electron chi connectivity index (χ1n) is 6.64. The highest BCUT2D eigenvalue weighted by Crippen LogP contribution is 2.22. The molecule has 0 aliphatic carbocycles. The first-order valence-corrected chi connectivity index (χ1v) is 7.04. The summed E-state index contributed by atoms with van der Waals surface area (Å²) >= 11 is 0. The Bertz CT molecular complexity index is 437. The van der Waals surface area contributed by atoms with Crippen molar-refractivity contribution in [3.05, 3.63) is 35.1 Å². The second-order valence-electron chi connectivity index (χ2n) is 5.49. The van der Waals surface area contributed by atoms with Gasteiger partial charge < -0.3 is 9.16 Å². The topological polar surface area (TPSA) is 18.5 Å². The van der Waals surface area contributed by atoms with E-state index in [2.05, 4.69) is 14.9 Å². The van der Waals surface area contributed by atoms with Crippen LogP contribution in [-0.4, -0.2) is 29.3 Å². The quantitative estimate of drug-likeness (QED) is 0.604. The largest absolute Gasteiger partial charge is 0.422 e. The molecule has 0 spiro atoms. The first-order chi connectivity index (χ1) is 9.62. The van der Waals surface area contributed by atoms with E-state index >= 15 is 0 Å². The van der Waals surface area contributed by atoms with Gasteiger partial charge >= 0.3 is 0 Å². The number of benzene rings is 1. The van der Waals surface area contributed by atoms with Crippen LogP contribution in [0.5, 0.6) is 0 Å². The van der Waals surface area contributed by atoms with E-state index in [1.807, 2.05) is 27.7 Å². The van der Waals surface area contributed by atoms with Crippen molar-refractivity contribution in [1.82, 2.24) is 0 Å². The highest BCUT2D eigenvalue weighted by molar-refractivity contribution is 5.97. The SMILES string of the molecule is CC(C)OC(C)(C)CCc1cc(F)c(F)cc1F.CO[Si]. The summed E-state index contributed by atoms with van der Waals surface area (Å²) in [6.07, 6.45) is 0.908. The molecule has 0 bridgehead atoms. The van der Waals surface area contributed by atoms with E-state index in [4.69, 9.17) is 4.74 Å².